The van der Waals surface area contributed by atoms with Crippen molar-refractivity contribution in [2.24, 2.45) is 4.99 Å². The van der Waals surface area contributed by atoms with Gasteiger partial charge in [0.05, 0.1) is 5.03 Å². The zero-order chi connectivity index (χ0) is 27.1. The second-order valence-electron chi connectivity index (χ2n) is 9.04. The van der Waals surface area contributed by atoms with Crippen LogP contribution in [0.2, 0.25) is 0 Å². The Morgan fingerprint density at radius 3 is 2.63 bits per heavy atom. The van der Waals surface area contributed by atoms with Crippen LogP contribution in [0.15, 0.2) is 82.8 Å². The predicted molar refractivity (Wildman–Crippen MR) is 162 cm³/mol. The number of carbonyl (C=O) groups excluding carboxylic acids is 1. The predicted octanol–water partition coefficient (Wildman–Crippen LogP) is 7.59. The Balaban J connectivity index is 1.58. The number of nitrogens with one attached hydrogen (secondary N) is 4. The normalized spacial score (nSPS) is 17.7. The molecule has 1 heterocycles. The number of amidine groups is 1. The number of amides is 1. The Labute approximate surface area is 230 Å². The second-order valence-corrected chi connectivity index (χ2v) is 10.8. The average Bonchev–Trinajstić information content (AvgIpc) is 2.89. The zero-order valence-corrected chi connectivity index (χ0v) is 23.7. The number of fused-ring (bicyclic) bond motifs is 4. The molecule has 0 saturated heterocycles. The van der Waals surface area contributed by atoms with Crippen molar-refractivity contribution in [1.82, 2.24) is 0 Å². The van der Waals surface area contributed by atoms with Crippen LogP contribution in [-0.4, -0.2) is 24.6 Å². The Morgan fingerprint density at radius 1 is 1.11 bits per heavy atom. The minimum Gasteiger partial charge on any atom is -0.454 e. The molecule has 4 rings (SSSR count). The molecule has 1 aliphatic heterocycles. The number of aliphatic imine (C=N–C) groups is 1. The van der Waals surface area contributed by atoms with Crippen molar-refractivity contribution in [3.63, 3.8) is 0 Å². The van der Waals surface area contributed by atoms with Crippen LogP contribution in [0.1, 0.15) is 31.9 Å². The van der Waals surface area contributed by atoms with Gasteiger partial charge in [0.1, 0.15) is 17.8 Å². The molecule has 9 heteroatoms. The molecule has 0 fully saturated rings. The highest BCUT2D eigenvalue weighted by molar-refractivity contribution is 7.53. The lowest BCUT2D eigenvalue weighted by atomic mass is 10.0. The molecule has 0 spiro atoms. The SMILES string of the molecule is C/C=C(Cl)\C1=N/C(C)Nc2cccc(c2)CCc2cc(ccc2NP(C)Oc2ccc(NC(C)=O)cc2)N1. The van der Waals surface area contributed by atoms with Crippen molar-refractivity contribution < 1.29 is 9.32 Å². The molecule has 0 aromatic heterocycles. The Bertz CT molecular complexity index is 1340. The summed E-state index contributed by atoms with van der Waals surface area (Å²) in [5.74, 6) is 1.24. The lowest BCUT2D eigenvalue weighted by Crippen LogP contribution is -2.20. The van der Waals surface area contributed by atoms with E-state index >= 15 is 0 Å². The number of benzene rings is 3. The van der Waals surface area contributed by atoms with Crippen LogP contribution in [0.3, 0.4) is 0 Å². The van der Waals surface area contributed by atoms with E-state index in [-0.39, 0.29) is 12.1 Å². The van der Waals surface area contributed by atoms with Gasteiger partial charge in [-0.05, 0) is 92.4 Å². The molecular formula is C29H33ClN5O2P. The highest BCUT2D eigenvalue weighted by Gasteiger charge is 2.14. The number of rotatable bonds is 6. The minimum atomic E-state index is -1.01. The van der Waals surface area contributed by atoms with Crippen LogP contribution in [0.25, 0.3) is 0 Å². The molecule has 3 aromatic carbocycles. The van der Waals surface area contributed by atoms with Gasteiger partial charge in [0.15, 0.2) is 8.30 Å². The third-order valence-electron chi connectivity index (χ3n) is 5.85. The summed E-state index contributed by atoms with van der Waals surface area (Å²) in [6.07, 6.45) is 3.39. The first kappa shape index (κ1) is 27.5. The van der Waals surface area contributed by atoms with Crippen molar-refractivity contribution in [1.29, 1.82) is 0 Å². The van der Waals surface area contributed by atoms with Crippen molar-refractivity contribution in [3.8, 4) is 5.75 Å². The van der Waals surface area contributed by atoms with E-state index in [2.05, 4.69) is 57.4 Å². The topological polar surface area (TPSA) is 86.8 Å². The molecule has 2 atom stereocenters. The second kappa shape index (κ2) is 12.8. The van der Waals surface area contributed by atoms with E-state index in [0.717, 1.165) is 46.9 Å². The van der Waals surface area contributed by atoms with E-state index in [1.54, 1.807) is 0 Å². The molecule has 3 aromatic rings. The van der Waals surface area contributed by atoms with Crippen LogP contribution in [0, 0.1) is 0 Å². The lowest BCUT2D eigenvalue weighted by Gasteiger charge is -2.20. The molecule has 1 amide bonds. The van der Waals surface area contributed by atoms with Gasteiger partial charge in [0.25, 0.3) is 0 Å². The van der Waals surface area contributed by atoms with Crippen LogP contribution < -0.4 is 25.6 Å². The Hall–Kier alpha value is -3.54. The van der Waals surface area contributed by atoms with E-state index in [9.17, 15) is 4.79 Å². The molecule has 0 radical (unpaired) electrons. The maximum absolute atomic E-state index is 11.3. The molecule has 1 aliphatic rings. The fraction of sp³-hybridized carbons (Fsp3) is 0.241. The van der Waals surface area contributed by atoms with Crippen molar-refractivity contribution in [2.75, 3.05) is 27.7 Å². The molecule has 2 unspecified atom stereocenters. The maximum atomic E-state index is 11.3. The van der Waals surface area contributed by atoms with E-state index in [1.165, 1.54) is 12.5 Å². The first-order valence-electron chi connectivity index (χ1n) is 12.5. The van der Waals surface area contributed by atoms with Gasteiger partial charge in [-0.2, -0.15) is 0 Å². The van der Waals surface area contributed by atoms with Gasteiger partial charge in [0.2, 0.25) is 5.91 Å². The molecule has 4 bridgehead atoms. The Morgan fingerprint density at radius 2 is 1.89 bits per heavy atom. The summed E-state index contributed by atoms with van der Waals surface area (Å²) in [5, 5.41) is 13.8. The van der Waals surface area contributed by atoms with Crippen molar-refractivity contribution in [3.05, 3.63) is 89.0 Å². The van der Waals surface area contributed by atoms with E-state index in [1.807, 2.05) is 56.9 Å². The van der Waals surface area contributed by atoms with Gasteiger partial charge in [-0.1, -0.05) is 29.8 Å². The molecule has 0 aliphatic carbocycles. The summed E-state index contributed by atoms with van der Waals surface area (Å²) in [7, 11) is -1.01. The number of nitrogens with zero attached hydrogens (tertiary/aromatic N) is 1. The largest absolute Gasteiger partial charge is 0.454 e. The number of anilines is 4. The fourth-order valence-corrected chi connectivity index (χ4v) is 5.27. The molecule has 38 heavy (non-hydrogen) atoms. The van der Waals surface area contributed by atoms with Crippen LogP contribution in [-0.2, 0) is 17.6 Å². The Kier molecular flexibility index (Phi) is 9.27. The molecule has 198 valence electrons. The standard InChI is InChI=1S/C29H33ClN5O2P/c1-5-27(30)29-32-19(2)31-24-8-6-7-21(17-24)9-10-22-18-25(34-29)13-16-28(22)35-38(4)37-26-14-11-23(12-15-26)33-20(3)36/h5-8,11-19,31,35H,9-10H2,1-4H3,(H,32,34)(H,33,36)/b27-5+. The van der Waals surface area contributed by atoms with Gasteiger partial charge in [-0.15, -0.1) is 0 Å². The monoisotopic (exact) mass is 549 g/mol. The van der Waals surface area contributed by atoms with Gasteiger partial charge in [0, 0.05) is 36.3 Å². The maximum Gasteiger partial charge on any atom is 0.221 e. The highest BCUT2D eigenvalue weighted by Crippen LogP contribution is 2.38. The van der Waals surface area contributed by atoms with Crippen LogP contribution in [0.4, 0.5) is 22.7 Å². The minimum absolute atomic E-state index is 0.103. The summed E-state index contributed by atoms with van der Waals surface area (Å²) in [6.45, 7) is 7.42. The first-order valence-corrected chi connectivity index (χ1v) is 14.6. The number of carbonyl (C=O) groups is 1. The first-order chi connectivity index (χ1) is 18.3. The smallest absolute Gasteiger partial charge is 0.221 e. The third-order valence-corrected chi connectivity index (χ3v) is 7.29. The number of hydrogen-bond donors (Lipinski definition) is 4. The van der Waals surface area contributed by atoms with Crippen LogP contribution >= 0.6 is 19.9 Å². The van der Waals surface area contributed by atoms with Crippen molar-refractivity contribution >= 4 is 54.4 Å². The molecule has 4 N–H and O–H groups in total. The number of hydrogen-bond acceptors (Lipinski definition) is 6. The highest BCUT2D eigenvalue weighted by atomic mass is 35.5. The number of aryl methyl sites for hydroxylation is 2. The quantitative estimate of drug-likeness (QED) is 0.238. The van der Waals surface area contributed by atoms with Crippen LogP contribution in [0.5, 0.6) is 5.75 Å². The van der Waals surface area contributed by atoms with E-state index in [0.29, 0.717) is 10.9 Å². The lowest BCUT2D eigenvalue weighted by molar-refractivity contribution is -0.114. The van der Waals surface area contributed by atoms with Gasteiger partial charge in [-0.3, -0.25) is 4.79 Å². The van der Waals surface area contributed by atoms with Gasteiger partial charge in [-0.25, -0.2) is 4.99 Å². The number of allylic oxidation sites excluding steroid dienone is 1. The van der Waals surface area contributed by atoms with E-state index in [4.69, 9.17) is 21.1 Å². The summed E-state index contributed by atoms with van der Waals surface area (Å²) in [4.78, 5) is 16.1. The average molecular weight is 550 g/mol. The van der Waals surface area contributed by atoms with Gasteiger partial charge >= 0.3 is 0 Å². The summed E-state index contributed by atoms with van der Waals surface area (Å²) < 4.78 is 6.16. The van der Waals surface area contributed by atoms with Gasteiger partial charge < -0.3 is 25.6 Å². The summed E-state index contributed by atoms with van der Waals surface area (Å²) in [5.41, 5.74) is 6.10. The molecule has 7 nitrogen and oxygen atoms in total. The fourth-order valence-electron chi connectivity index (χ4n) is 4.13. The molecular weight excluding hydrogens is 517 g/mol. The van der Waals surface area contributed by atoms with Crippen molar-refractivity contribution in [2.45, 2.75) is 39.8 Å². The number of halogens is 1. The van der Waals surface area contributed by atoms with E-state index < -0.39 is 8.30 Å². The summed E-state index contributed by atoms with van der Waals surface area (Å²) >= 11 is 6.52. The third kappa shape index (κ3) is 7.73. The molecule has 0 saturated carbocycles. The summed E-state index contributed by atoms with van der Waals surface area (Å²) in [6, 6.07) is 22.0. The zero-order valence-electron chi connectivity index (χ0n) is 22.0.